The standard InChI is InChI=1S/C16H13ClN2O3S/c1-22-16-5-3-2-4-15(16)19-11-14(10-18)23(20,21)13-8-6-12(17)7-9-13/h2-9,11,19H,1H3. The summed E-state index contributed by atoms with van der Waals surface area (Å²) in [5.74, 6) is 0.532. The molecule has 118 valence electrons. The number of benzene rings is 2. The summed E-state index contributed by atoms with van der Waals surface area (Å²) in [6.45, 7) is 0. The van der Waals surface area contributed by atoms with Crippen molar-refractivity contribution in [3.63, 3.8) is 0 Å². The van der Waals surface area contributed by atoms with Crippen LogP contribution in [0.1, 0.15) is 0 Å². The molecule has 0 unspecified atom stereocenters. The summed E-state index contributed by atoms with van der Waals surface area (Å²) in [5.41, 5.74) is 0.550. The largest absolute Gasteiger partial charge is 0.495 e. The first kappa shape index (κ1) is 16.9. The van der Waals surface area contributed by atoms with E-state index in [1.54, 1.807) is 30.3 Å². The smallest absolute Gasteiger partial charge is 0.218 e. The van der Waals surface area contributed by atoms with Gasteiger partial charge in [0.25, 0.3) is 0 Å². The number of sulfone groups is 1. The molecular weight excluding hydrogens is 336 g/mol. The van der Waals surface area contributed by atoms with Crippen molar-refractivity contribution in [2.45, 2.75) is 4.90 Å². The van der Waals surface area contributed by atoms with Crippen LogP contribution in [0.15, 0.2) is 64.5 Å². The SMILES string of the molecule is COc1ccccc1NC=C(C#N)S(=O)(=O)c1ccc(Cl)cc1. The van der Waals surface area contributed by atoms with E-state index in [0.717, 1.165) is 6.20 Å². The Morgan fingerprint density at radius 1 is 1.22 bits per heavy atom. The molecule has 0 aliphatic carbocycles. The van der Waals surface area contributed by atoms with Crippen molar-refractivity contribution in [2.75, 3.05) is 12.4 Å². The van der Waals surface area contributed by atoms with Crippen LogP contribution < -0.4 is 10.1 Å². The second kappa shape index (κ2) is 7.18. The fourth-order valence-electron chi connectivity index (χ4n) is 1.82. The third-order valence-electron chi connectivity index (χ3n) is 2.99. The van der Waals surface area contributed by atoms with Gasteiger partial charge < -0.3 is 10.1 Å². The molecule has 0 fully saturated rings. The van der Waals surface area contributed by atoms with Crippen LogP contribution in [-0.4, -0.2) is 15.5 Å². The lowest BCUT2D eigenvalue weighted by Gasteiger charge is -2.08. The molecule has 0 aliphatic heterocycles. The Morgan fingerprint density at radius 3 is 2.48 bits per heavy atom. The van der Waals surface area contributed by atoms with Crippen LogP contribution in [0.25, 0.3) is 0 Å². The lowest BCUT2D eigenvalue weighted by molar-refractivity contribution is 0.417. The van der Waals surface area contributed by atoms with Crippen molar-refractivity contribution in [2.24, 2.45) is 0 Å². The average molecular weight is 349 g/mol. The summed E-state index contributed by atoms with van der Waals surface area (Å²) in [4.78, 5) is -0.415. The third kappa shape index (κ3) is 3.83. The van der Waals surface area contributed by atoms with E-state index in [1.807, 2.05) is 0 Å². The molecule has 0 spiro atoms. The lowest BCUT2D eigenvalue weighted by atomic mass is 10.3. The third-order valence-corrected chi connectivity index (χ3v) is 4.92. The van der Waals surface area contributed by atoms with Crippen LogP contribution in [0, 0.1) is 11.3 Å². The number of nitrogens with zero attached hydrogens (tertiary/aromatic N) is 1. The Balaban J connectivity index is 2.35. The van der Waals surface area contributed by atoms with E-state index in [0.29, 0.717) is 16.5 Å². The van der Waals surface area contributed by atoms with E-state index in [1.165, 1.54) is 31.4 Å². The predicted octanol–water partition coefficient (Wildman–Crippen LogP) is 3.60. The second-order valence-corrected chi connectivity index (χ2v) is 6.78. The molecule has 7 heteroatoms. The highest BCUT2D eigenvalue weighted by molar-refractivity contribution is 7.95. The number of methoxy groups -OCH3 is 1. The summed E-state index contributed by atoms with van der Waals surface area (Å²) in [5, 5.41) is 12.4. The van der Waals surface area contributed by atoms with Gasteiger partial charge >= 0.3 is 0 Å². The molecule has 1 N–H and O–H groups in total. The Labute approximate surface area is 139 Å². The number of halogens is 1. The number of nitrogens with one attached hydrogen (secondary N) is 1. The number of hydrogen-bond acceptors (Lipinski definition) is 5. The van der Waals surface area contributed by atoms with Crippen LogP contribution in [0.3, 0.4) is 0 Å². The van der Waals surface area contributed by atoms with Gasteiger partial charge in [-0.25, -0.2) is 8.42 Å². The van der Waals surface area contributed by atoms with Crippen LogP contribution in [0.4, 0.5) is 5.69 Å². The monoisotopic (exact) mass is 348 g/mol. The van der Waals surface area contributed by atoms with Crippen LogP contribution in [-0.2, 0) is 9.84 Å². The van der Waals surface area contributed by atoms with Gasteiger partial charge in [0.1, 0.15) is 11.8 Å². The van der Waals surface area contributed by atoms with Crippen molar-refractivity contribution < 1.29 is 13.2 Å². The molecule has 0 saturated carbocycles. The highest BCUT2D eigenvalue weighted by Gasteiger charge is 2.20. The molecular formula is C16H13ClN2O3S. The minimum absolute atomic E-state index is 0.00322. The molecule has 23 heavy (non-hydrogen) atoms. The Kier molecular flexibility index (Phi) is 5.27. The number of anilines is 1. The molecule has 2 aromatic carbocycles. The topological polar surface area (TPSA) is 79.2 Å². The van der Waals surface area contributed by atoms with Crippen LogP contribution in [0.2, 0.25) is 5.02 Å². The number of ether oxygens (including phenoxy) is 1. The Bertz CT molecular complexity index is 869. The summed E-state index contributed by atoms with van der Waals surface area (Å²) < 4.78 is 30.0. The molecule has 0 aliphatic rings. The molecule has 0 bridgehead atoms. The molecule has 0 atom stereocenters. The maximum absolute atomic E-state index is 12.4. The number of allylic oxidation sites excluding steroid dienone is 1. The summed E-state index contributed by atoms with van der Waals surface area (Å²) >= 11 is 5.75. The molecule has 0 saturated heterocycles. The van der Waals surface area contributed by atoms with Gasteiger partial charge in [-0.3, -0.25) is 0 Å². The normalized spacial score (nSPS) is 11.6. The molecule has 0 aromatic heterocycles. The number of hydrogen-bond donors (Lipinski definition) is 1. The maximum atomic E-state index is 12.4. The van der Waals surface area contributed by atoms with E-state index in [4.69, 9.17) is 16.3 Å². The average Bonchev–Trinajstić information content (AvgIpc) is 2.56. The van der Waals surface area contributed by atoms with E-state index in [-0.39, 0.29) is 4.90 Å². The van der Waals surface area contributed by atoms with E-state index in [9.17, 15) is 13.7 Å². The van der Waals surface area contributed by atoms with Crippen LogP contribution >= 0.6 is 11.6 Å². The molecule has 2 aromatic rings. The van der Waals surface area contributed by atoms with Gasteiger partial charge in [0.05, 0.1) is 17.7 Å². The summed E-state index contributed by atoms with van der Waals surface area (Å²) in [6, 6.07) is 14.3. The predicted molar refractivity (Wildman–Crippen MR) is 89.0 cm³/mol. The first-order valence-electron chi connectivity index (χ1n) is 6.49. The number of rotatable bonds is 5. The lowest BCUT2D eigenvalue weighted by Crippen LogP contribution is -2.06. The van der Waals surface area contributed by atoms with Crippen molar-refractivity contribution in [3.05, 3.63) is 64.7 Å². The number of nitriles is 1. The molecule has 5 nitrogen and oxygen atoms in total. The van der Waals surface area contributed by atoms with Gasteiger partial charge in [0, 0.05) is 11.2 Å². The van der Waals surface area contributed by atoms with E-state index < -0.39 is 14.7 Å². The zero-order valence-electron chi connectivity index (χ0n) is 12.2. The molecule has 2 rings (SSSR count). The number of para-hydroxylation sites is 2. The first-order chi connectivity index (χ1) is 11.0. The maximum Gasteiger partial charge on any atom is 0.218 e. The minimum Gasteiger partial charge on any atom is -0.495 e. The van der Waals surface area contributed by atoms with Gasteiger partial charge in [0.15, 0.2) is 4.91 Å². The zero-order chi connectivity index (χ0) is 16.9. The fraction of sp³-hybridized carbons (Fsp3) is 0.0625. The Hall–Kier alpha value is -2.49. The Morgan fingerprint density at radius 2 is 1.87 bits per heavy atom. The van der Waals surface area contributed by atoms with Crippen LogP contribution in [0.5, 0.6) is 5.75 Å². The van der Waals surface area contributed by atoms with Gasteiger partial charge in [-0.15, -0.1) is 0 Å². The van der Waals surface area contributed by atoms with E-state index >= 15 is 0 Å². The molecule has 0 heterocycles. The molecule has 0 radical (unpaired) electrons. The summed E-state index contributed by atoms with van der Waals surface area (Å²) in [7, 11) is -2.42. The van der Waals surface area contributed by atoms with Crippen molar-refractivity contribution in [1.29, 1.82) is 5.26 Å². The van der Waals surface area contributed by atoms with E-state index in [2.05, 4.69) is 5.32 Å². The van der Waals surface area contributed by atoms with Gasteiger partial charge in [-0.1, -0.05) is 23.7 Å². The molecule has 0 amide bonds. The van der Waals surface area contributed by atoms with Gasteiger partial charge in [-0.05, 0) is 36.4 Å². The first-order valence-corrected chi connectivity index (χ1v) is 8.35. The highest BCUT2D eigenvalue weighted by Crippen LogP contribution is 2.25. The van der Waals surface area contributed by atoms with Crippen molar-refractivity contribution in [1.82, 2.24) is 0 Å². The van der Waals surface area contributed by atoms with Crippen molar-refractivity contribution in [3.8, 4) is 11.8 Å². The summed E-state index contributed by atoms with van der Waals surface area (Å²) in [6.07, 6.45) is 1.14. The second-order valence-electron chi connectivity index (χ2n) is 4.42. The zero-order valence-corrected chi connectivity index (χ0v) is 13.7. The van der Waals surface area contributed by atoms with Crippen molar-refractivity contribution >= 4 is 27.1 Å². The van der Waals surface area contributed by atoms with Gasteiger partial charge in [0.2, 0.25) is 9.84 Å². The minimum atomic E-state index is -3.92. The fourth-order valence-corrected chi connectivity index (χ4v) is 3.03. The highest BCUT2D eigenvalue weighted by atomic mass is 35.5. The van der Waals surface area contributed by atoms with Gasteiger partial charge in [-0.2, -0.15) is 5.26 Å². The quantitative estimate of drug-likeness (QED) is 0.835.